The van der Waals surface area contributed by atoms with E-state index in [1.807, 2.05) is 24.3 Å². The third kappa shape index (κ3) is 5.00. The molecule has 0 aromatic heterocycles. The van der Waals surface area contributed by atoms with Crippen LogP contribution in [0.5, 0.6) is 0 Å². The molecule has 2 nitrogen and oxygen atoms in total. The molecule has 0 spiro atoms. The maximum atomic E-state index is 10.2. The summed E-state index contributed by atoms with van der Waals surface area (Å²) in [6.45, 7) is 4.93. The molecule has 0 radical (unpaired) electrons. The molecular weight excluding hydrogens is 258 g/mol. The Hall–Kier alpha value is -1.64. The van der Waals surface area contributed by atoms with Gasteiger partial charge in [-0.1, -0.05) is 74.5 Å². The molecule has 0 saturated carbocycles. The summed E-state index contributed by atoms with van der Waals surface area (Å²) in [5.41, 5.74) is 2.49. The van der Waals surface area contributed by atoms with E-state index in [0.29, 0.717) is 0 Å². The van der Waals surface area contributed by atoms with Gasteiger partial charge in [0.1, 0.15) is 0 Å². The van der Waals surface area contributed by atoms with Crippen molar-refractivity contribution in [1.29, 1.82) is 0 Å². The van der Waals surface area contributed by atoms with Gasteiger partial charge in [-0.15, -0.1) is 0 Å². The highest BCUT2D eigenvalue weighted by atomic mass is 16.3. The van der Waals surface area contributed by atoms with Gasteiger partial charge in [0.2, 0.25) is 0 Å². The topological polar surface area (TPSA) is 32.3 Å². The van der Waals surface area contributed by atoms with E-state index >= 15 is 0 Å². The number of aliphatic hydroxyl groups excluding tert-OH is 1. The Morgan fingerprint density at radius 2 is 1.48 bits per heavy atom. The van der Waals surface area contributed by atoms with Gasteiger partial charge < -0.3 is 10.4 Å². The zero-order valence-corrected chi connectivity index (χ0v) is 12.9. The van der Waals surface area contributed by atoms with Crippen LogP contribution in [0.4, 0.5) is 0 Å². The molecule has 2 atom stereocenters. The van der Waals surface area contributed by atoms with Crippen molar-refractivity contribution >= 4 is 0 Å². The van der Waals surface area contributed by atoms with E-state index in [1.165, 1.54) is 11.1 Å². The van der Waals surface area contributed by atoms with Crippen LogP contribution in [-0.4, -0.2) is 11.2 Å². The molecule has 0 bridgehead atoms. The van der Waals surface area contributed by atoms with Gasteiger partial charge in [0.25, 0.3) is 0 Å². The third-order valence-corrected chi connectivity index (χ3v) is 3.84. The summed E-state index contributed by atoms with van der Waals surface area (Å²) in [5, 5.41) is 13.8. The van der Waals surface area contributed by atoms with Crippen molar-refractivity contribution in [3.63, 3.8) is 0 Å². The summed E-state index contributed by atoms with van der Waals surface area (Å²) in [6.07, 6.45) is 0.438. The minimum absolute atomic E-state index is 0.170. The fourth-order valence-corrected chi connectivity index (χ4v) is 2.37. The summed E-state index contributed by atoms with van der Waals surface area (Å²) in [6, 6.07) is 20.9. The minimum Gasteiger partial charge on any atom is -0.393 e. The molecule has 0 amide bonds. The first-order valence-corrected chi connectivity index (χ1v) is 7.67. The lowest BCUT2D eigenvalue weighted by Gasteiger charge is -2.24. The molecule has 21 heavy (non-hydrogen) atoms. The van der Waals surface area contributed by atoms with Gasteiger partial charge in [-0.2, -0.15) is 0 Å². The van der Waals surface area contributed by atoms with Crippen molar-refractivity contribution in [3.8, 4) is 0 Å². The first-order chi connectivity index (χ1) is 10.2. The molecular formula is C19H25NO. The van der Waals surface area contributed by atoms with E-state index in [9.17, 15) is 5.11 Å². The van der Waals surface area contributed by atoms with E-state index in [1.54, 1.807) is 0 Å². The van der Waals surface area contributed by atoms with E-state index in [0.717, 1.165) is 13.0 Å². The highest BCUT2D eigenvalue weighted by Crippen LogP contribution is 2.22. The smallest absolute Gasteiger partial charge is 0.0581 e. The molecule has 0 saturated heterocycles. The Balaban J connectivity index is 2.05. The highest BCUT2D eigenvalue weighted by molar-refractivity contribution is 5.20. The molecule has 2 N–H and O–H groups in total. The van der Waals surface area contributed by atoms with E-state index in [-0.39, 0.29) is 18.1 Å². The van der Waals surface area contributed by atoms with Gasteiger partial charge in [-0.3, -0.25) is 0 Å². The molecule has 112 valence electrons. The lowest BCUT2D eigenvalue weighted by atomic mass is 9.95. The Bertz CT molecular complexity index is 510. The van der Waals surface area contributed by atoms with Crippen LogP contribution >= 0.6 is 0 Å². The van der Waals surface area contributed by atoms with E-state index in [4.69, 9.17) is 0 Å². The zero-order valence-electron chi connectivity index (χ0n) is 12.9. The monoisotopic (exact) mass is 283 g/mol. The van der Waals surface area contributed by atoms with Crippen LogP contribution in [0.25, 0.3) is 0 Å². The van der Waals surface area contributed by atoms with Crippen LogP contribution in [0.3, 0.4) is 0 Å². The number of hydrogen-bond donors (Lipinski definition) is 2. The number of aliphatic hydroxyl groups is 1. The molecule has 2 heteroatoms. The van der Waals surface area contributed by atoms with Crippen molar-refractivity contribution in [2.75, 3.05) is 0 Å². The Morgan fingerprint density at radius 1 is 0.905 bits per heavy atom. The summed E-state index contributed by atoms with van der Waals surface area (Å²) in [5.74, 6) is 0.273. The predicted molar refractivity (Wildman–Crippen MR) is 87.9 cm³/mol. The Morgan fingerprint density at radius 3 is 2.05 bits per heavy atom. The van der Waals surface area contributed by atoms with Crippen molar-refractivity contribution in [2.45, 2.75) is 39.0 Å². The van der Waals surface area contributed by atoms with Gasteiger partial charge >= 0.3 is 0 Å². The van der Waals surface area contributed by atoms with Crippen molar-refractivity contribution in [3.05, 3.63) is 71.8 Å². The van der Waals surface area contributed by atoms with Crippen LogP contribution in [0.1, 0.15) is 37.4 Å². The lowest BCUT2D eigenvalue weighted by molar-refractivity contribution is 0.103. The van der Waals surface area contributed by atoms with Gasteiger partial charge in [0, 0.05) is 12.6 Å². The SMILES string of the molecule is CC(C)[C@@H](O)C[C@@H](NCc1ccccc1)c1ccccc1. The van der Waals surface area contributed by atoms with Crippen molar-refractivity contribution in [1.82, 2.24) is 5.32 Å². The first-order valence-electron chi connectivity index (χ1n) is 7.67. The first kappa shape index (κ1) is 15.7. The van der Waals surface area contributed by atoms with E-state index < -0.39 is 0 Å². The fraction of sp³-hybridized carbons (Fsp3) is 0.368. The van der Waals surface area contributed by atoms with Crippen molar-refractivity contribution in [2.24, 2.45) is 5.92 Å². The van der Waals surface area contributed by atoms with Crippen LogP contribution in [0, 0.1) is 5.92 Å². The number of nitrogens with one attached hydrogen (secondary N) is 1. The number of hydrogen-bond acceptors (Lipinski definition) is 2. The minimum atomic E-state index is -0.293. The average molecular weight is 283 g/mol. The average Bonchev–Trinajstić information content (AvgIpc) is 2.53. The van der Waals surface area contributed by atoms with Gasteiger partial charge in [0.05, 0.1) is 6.10 Å². The highest BCUT2D eigenvalue weighted by Gasteiger charge is 2.18. The standard InChI is InChI=1S/C19H25NO/c1-15(2)19(21)13-18(17-11-7-4-8-12-17)20-14-16-9-5-3-6-10-16/h3-12,15,18-21H,13-14H2,1-2H3/t18-,19+/m1/s1. The largest absolute Gasteiger partial charge is 0.393 e. The summed E-state index contributed by atoms with van der Waals surface area (Å²) in [7, 11) is 0. The van der Waals surface area contributed by atoms with Gasteiger partial charge in [0.15, 0.2) is 0 Å². The van der Waals surface area contributed by atoms with Gasteiger partial charge in [-0.25, -0.2) is 0 Å². The quantitative estimate of drug-likeness (QED) is 0.807. The zero-order chi connectivity index (χ0) is 15.1. The number of rotatable bonds is 7. The Labute approximate surface area is 127 Å². The molecule has 0 unspecified atom stereocenters. The van der Waals surface area contributed by atoms with Crippen LogP contribution in [0.15, 0.2) is 60.7 Å². The molecule has 0 aliphatic rings. The fourth-order valence-electron chi connectivity index (χ4n) is 2.37. The molecule has 0 aliphatic heterocycles. The molecule has 2 aromatic carbocycles. The molecule has 0 aliphatic carbocycles. The summed E-state index contributed by atoms with van der Waals surface area (Å²) < 4.78 is 0. The normalized spacial score (nSPS) is 14.1. The summed E-state index contributed by atoms with van der Waals surface area (Å²) in [4.78, 5) is 0. The molecule has 0 fully saturated rings. The number of benzene rings is 2. The van der Waals surface area contributed by atoms with Crippen LogP contribution in [0.2, 0.25) is 0 Å². The predicted octanol–water partition coefficient (Wildman–Crippen LogP) is 3.92. The second-order valence-corrected chi connectivity index (χ2v) is 5.88. The van der Waals surface area contributed by atoms with Gasteiger partial charge in [-0.05, 0) is 23.5 Å². The van der Waals surface area contributed by atoms with E-state index in [2.05, 4.69) is 55.6 Å². The molecule has 2 rings (SSSR count). The van der Waals surface area contributed by atoms with Crippen molar-refractivity contribution < 1.29 is 5.11 Å². The third-order valence-electron chi connectivity index (χ3n) is 3.84. The summed E-state index contributed by atoms with van der Waals surface area (Å²) >= 11 is 0. The molecule has 0 heterocycles. The van der Waals surface area contributed by atoms with Crippen LogP contribution < -0.4 is 5.32 Å². The van der Waals surface area contributed by atoms with Crippen LogP contribution in [-0.2, 0) is 6.54 Å². The second kappa shape index (κ2) is 7.96. The maximum absolute atomic E-state index is 10.2. The molecule has 2 aromatic rings. The Kier molecular flexibility index (Phi) is 5.97. The maximum Gasteiger partial charge on any atom is 0.0581 e. The second-order valence-electron chi connectivity index (χ2n) is 5.88. The lowest BCUT2D eigenvalue weighted by Crippen LogP contribution is -2.27.